The summed E-state index contributed by atoms with van der Waals surface area (Å²) in [5.41, 5.74) is 1.37. The van der Waals surface area contributed by atoms with Crippen LogP contribution in [0.25, 0.3) is 20.8 Å². The number of carboxylic acids is 1. The molecule has 26 heavy (non-hydrogen) atoms. The largest absolute Gasteiger partial charge is 0.478 e. The summed E-state index contributed by atoms with van der Waals surface area (Å²) in [5, 5.41) is 10.1. The van der Waals surface area contributed by atoms with Crippen molar-refractivity contribution >= 4 is 27.5 Å². The Morgan fingerprint density at radius 3 is 2.65 bits per heavy atom. The highest BCUT2D eigenvalue weighted by molar-refractivity contribution is 7.21. The van der Waals surface area contributed by atoms with E-state index >= 15 is 0 Å². The molecule has 1 aromatic heterocycles. The molecule has 1 N–H and O–H groups in total. The van der Waals surface area contributed by atoms with E-state index in [4.69, 9.17) is 14.2 Å². The molecule has 0 amide bonds. The van der Waals surface area contributed by atoms with Crippen LogP contribution in [0.1, 0.15) is 19.4 Å². The minimum atomic E-state index is -1.29. The number of nitrogens with zero attached hydrogens (tertiary/aromatic N) is 1. The van der Waals surface area contributed by atoms with E-state index in [0.717, 1.165) is 32.1 Å². The van der Waals surface area contributed by atoms with Crippen LogP contribution in [0.5, 0.6) is 17.2 Å². The predicted octanol–water partition coefficient (Wildman–Crippen LogP) is 4.24. The summed E-state index contributed by atoms with van der Waals surface area (Å²) in [6.07, 6.45) is 0. The van der Waals surface area contributed by atoms with Gasteiger partial charge in [-0.2, -0.15) is 0 Å². The van der Waals surface area contributed by atoms with Crippen LogP contribution in [0, 0.1) is 6.92 Å². The molecule has 0 atom stereocenters. The lowest BCUT2D eigenvalue weighted by molar-refractivity contribution is -0.152. The first-order valence-electron chi connectivity index (χ1n) is 8.07. The van der Waals surface area contributed by atoms with Gasteiger partial charge in [-0.3, -0.25) is 0 Å². The molecule has 2 aromatic carbocycles. The van der Waals surface area contributed by atoms with Gasteiger partial charge in [-0.25, -0.2) is 9.78 Å². The van der Waals surface area contributed by atoms with E-state index < -0.39 is 11.6 Å². The molecule has 0 aliphatic carbocycles. The highest BCUT2D eigenvalue weighted by atomic mass is 32.1. The van der Waals surface area contributed by atoms with E-state index in [2.05, 4.69) is 4.98 Å². The summed E-state index contributed by atoms with van der Waals surface area (Å²) in [7, 11) is 0. The molecule has 0 radical (unpaired) electrons. The number of rotatable bonds is 4. The summed E-state index contributed by atoms with van der Waals surface area (Å²) in [6.45, 7) is 5.19. The third-order valence-corrected chi connectivity index (χ3v) is 5.25. The van der Waals surface area contributed by atoms with Crippen molar-refractivity contribution in [3.63, 3.8) is 0 Å². The van der Waals surface area contributed by atoms with Gasteiger partial charge in [0.05, 0.1) is 10.2 Å². The number of hydrogen-bond donors (Lipinski definition) is 1. The lowest BCUT2D eigenvalue weighted by atomic mass is 10.1. The van der Waals surface area contributed by atoms with Crippen LogP contribution >= 0.6 is 11.3 Å². The Balaban J connectivity index is 1.67. The molecule has 0 saturated heterocycles. The zero-order valence-corrected chi connectivity index (χ0v) is 15.3. The van der Waals surface area contributed by atoms with Gasteiger partial charge >= 0.3 is 5.97 Å². The number of benzene rings is 2. The van der Waals surface area contributed by atoms with Crippen molar-refractivity contribution < 1.29 is 24.1 Å². The van der Waals surface area contributed by atoms with Crippen molar-refractivity contribution in [2.75, 3.05) is 6.79 Å². The molecule has 2 heterocycles. The maximum absolute atomic E-state index is 11.3. The first kappa shape index (κ1) is 16.7. The van der Waals surface area contributed by atoms with Gasteiger partial charge in [-0.1, -0.05) is 0 Å². The first-order valence-corrected chi connectivity index (χ1v) is 8.89. The number of aryl methyl sites for hydroxylation is 1. The van der Waals surface area contributed by atoms with Crippen molar-refractivity contribution in [2.24, 2.45) is 0 Å². The minimum absolute atomic E-state index is 0.243. The number of aliphatic carboxylic acids is 1. The highest BCUT2D eigenvalue weighted by Crippen LogP contribution is 2.40. The molecule has 0 unspecified atom stereocenters. The van der Waals surface area contributed by atoms with Crippen LogP contribution in [0.4, 0.5) is 0 Å². The smallest absolute Gasteiger partial charge is 0.347 e. The number of ether oxygens (including phenoxy) is 3. The molecular weight excluding hydrogens is 354 g/mol. The lowest BCUT2D eigenvalue weighted by Crippen LogP contribution is -2.38. The Morgan fingerprint density at radius 1 is 1.23 bits per heavy atom. The van der Waals surface area contributed by atoms with Gasteiger partial charge in [0, 0.05) is 17.7 Å². The van der Waals surface area contributed by atoms with E-state index in [9.17, 15) is 9.90 Å². The predicted molar refractivity (Wildman–Crippen MR) is 98.3 cm³/mol. The average molecular weight is 371 g/mol. The van der Waals surface area contributed by atoms with Crippen molar-refractivity contribution in [1.29, 1.82) is 0 Å². The number of carbonyl (C=O) groups is 1. The SMILES string of the molecule is Cc1cc(-c2nc3cc4c(cc3s2)OCO4)ccc1OC(C)(C)C(=O)O. The fourth-order valence-electron chi connectivity index (χ4n) is 2.66. The second kappa shape index (κ2) is 5.88. The third kappa shape index (κ3) is 2.84. The van der Waals surface area contributed by atoms with E-state index in [1.807, 2.05) is 31.2 Å². The van der Waals surface area contributed by atoms with E-state index in [-0.39, 0.29) is 6.79 Å². The molecule has 1 aliphatic heterocycles. The van der Waals surface area contributed by atoms with Gasteiger partial charge in [-0.15, -0.1) is 11.3 Å². The Kier molecular flexibility index (Phi) is 3.77. The molecular formula is C19H17NO5S. The number of fused-ring (bicyclic) bond motifs is 2. The molecule has 7 heteroatoms. The quantitative estimate of drug-likeness (QED) is 0.739. The van der Waals surface area contributed by atoms with Crippen LogP contribution in [0.2, 0.25) is 0 Å². The van der Waals surface area contributed by atoms with Crippen molar-refractivity contribution in [3.05, 3.63) is 35.9 Å². The third-order valence-electron chi connectivity index (χ3n) is 4.18. The van der Waals surface area contributed by atoms with Crippen molar-refractivity contribution in [3.8, 4) is 27.8 Å². The maximum atomic E-state index is 11.3. The Bertz CT molecular complexity index is 983. The van der Waals surface area contributed by atoms with Gasteiger partial charge in [0.2, 0.25) is 6.79 Å². The monoisotopic (exact) mass is 371 g/mol. The second-order valence-corrected chi connectivity index (χ2v) is 7.62. The number of thiazole rings is 1. The van der Waals surface area contributed by atoms with Gasteiger partial charge in [-0.05, 0) is 44.5 Å². The molecule has 1 aliphatic rings. The number of hydrogen-bond acceptors (Lipinski definition) is 6. The molecule has 134 valence electrons. The molecule has 4 rings (SSSR count). The van der Waals surface area contributed by atoms with E-state index in [0.29, 0.717) is 11.5 Å². The fraction of sp³-hybridized carbons (Fsp3) is 0.263. The molecule has 0 saturated carbocycles. The summed E-state index contributed by atoms with van der Waals surface area (Å²) < 4.78 is 17.5. The fourth-order valence-corrected chi connectivity index (χ4v) is 3.63. The second-order valence-electron chi connectivity index (χ2n) is 6.59. The van der Waals surface area contributed by atoms with Crippen LogP contribution in [-0.2, 0) is 4.79 Å². The highest BCUT2D eigenvalue weighted by Gasteiger charge is 2.30. The summed E-state index contributed by atoms with van der Waals surface area (Å²) >= 11 is 1.57. The van der Waals surface area contributed by atoms with Crippen LogP contribution < -0.4 is 14.2 Å². The summed E-state index contributed by atoms with van der Waals surface area (Å²) in [4.78, 5) is 15.9. The van der Waals surface area contributed by atoms with Crippen molar-refractivity contribution in [1.82, 2.24) is 4.98 Å². The molecule has 6 nitrogen and oxygen atoms in total. The topological polar surface area (TPSA) is 77.9 Å². The Morgan fingerprint density at radius 2 is 1.96 bits per heavy atom. The maximum Gasteiger partial charge on any atom is 0.347 e. The normalized spacial score (nSPS) is 13.2. The molecule has 3 aromatic rings. The summed E-state index contributed by atoms with van der Waals surface area (Å²) in [5.74, 6) is 0.987. The average Bonchev–Trinajstić information content (AvgIpc) is 3.19. The first-order chi connectivity index (χ1) is 12.3. The van der Waals surface area contributed by atoms with Gasteiger partial charge in [0.1, 0.15) is 10.8 Å². The van der Waals surface area contributed by atoms with Crippen LogP contribution in [-0.4, -0.2) is 28.5 Å². The lowest BCUT2D eigenvalue weighted by Gasteiger charge is -2.22. The minimum Gasteiger partial charge on any atom is -0.478 e. The molecule has 0 spiro atoms. The van der Waals surface area contributed by atoms with Gasteiger partial charge in [0.15, 0.2) is 17.1 Å². The van der Waals surface area contributed by atoms with Crippen LogP contribution in [0.3, 0.4) is 0 Å². The van der Waals surface area contributed by atoms with E-state index in [1.165, 1.54) is 13.8 Å². The van der Waals surface area contributed by atoms with Gasteiger partial charge < -0.3 is 19.3 Å². The van der Waals surface area contributed by atoms with Gasteiger partial charge in [0.25, 0.3) is 0 Å². The molecule has 0 fully saturated rings. The van der Waals surface area contributed by atoms with E-state index in [1.54, 1.807) is 17.4 Å². The standard InChI is InChI=1S/C19H17NO5S/c1-10-6-11(4-5-13(10)25-19(2,3)18(21)22)17-20-12-7-14-15(24-9-23-14)8-16(12)26-17/h4-8H,9H2,1-3H3,(H,21,22). The Hall–Kier alpha value is -2.80. The Labute approximate surface area is 154 Å². The number of aromatic nitrogens is 1. The zero-order valence-electron chi connectivity index (χ0n) is 14.5. The summed E-state index contributed by atoms with van der Waals surface area (Å²) in [6, 6.07) is 9.45. The number of carboxylic acid groups (broad SMARTS) is 1. The van der Waals surface area contributed by atoms with Crippen molar-refractivity contribution in [2.45, 2.75) is 26.4 Å². The zero-order chi connectivity index (χ0) is 18.5. The molecule has 0 bridgehead atoms. The van der Waals surface area contributed by atoms with Crippen LogP contribution in [0.15, 0.2) is 30.3 Å².